The molecule has 0 amide bonds. The Morgan fingerprint density at radius 3 is 2.70 bits per heavy atom. The Morgan fingerprint density at radius 2 is 2.15 bits per heavy atom. The van der Waals surface area contributed by atoms with Gasteiger partial charge in [0.15, 0.2) is 0 Å². The molecule has 0 spiro atoms. The number of aryl methyl sites for hydroxylation is 1. The summed E-state index contributed by atoms with van der Waals surface area (Å²) in [6, 6.07) is 6.51. The number of methoxy groups -OCH3 is 1. The highest BCUT2D eigenvalue weighted by molar-refractivity contribution is 7.89. The maximum Gasteiger partial charge on any atom is 0.241 e. The minimum absolute atomic E-state index is 0.0833. The first kappa shape index (κ1) is 15.0. The van der Waals surface area contributed by atoms with Crippen LogP contribution in [-0.2, 0) is 14.8 Å². The SMILES string of the molecule is COC1CCC(NS(=O)(=O)c2ccc(C#N)cc2C)C1. The molecule has 0 radical (unpaired) electrons. The van der Waals surface area contributed by atoms with Crippen LogP contribution < -0.4 is 4.72 Å². The van der Waals surface area contributed by atoms with Gasteiger partial charge in [0.25, 0.3) is 0 Å². The Labute approximate surface area is 119 Å². The van der Waals surface area contributed by atoms with Crippen molar-refractivity contribution in [2.45, 2.75) is 43.2 Å². The molecule has 1 N–H and O–H groups in total. The highest BCUT2D eigenvalue weighted by Gasteiger charge is 2.29. The van der Waals surface area contributed by atoms with Gasteiger partial charge in [-0.3, -0.25) is 0 Å². The number of hydrogen-bond donors (Lipinski definition) is 1. The quantitative estimate of drug-likeness (QED) is 0.917. The summed E-state index contributed by atoms with van der Waals surface area (Å²) < 4.78 is 32.7. The highest BCUT2D eigenvalue weighted by atomic mass is 32.2. The summed E-state index contributed by atoms with van der Waals surface area (Å²) in [7, 11) is -1.90. The number of sulfonamides is 1. The van der Waals surface area contributed by atoms with Gasteiger partial charge in [0, 0.05) is 13.2 Å². The molecule has 1 aromatic rings. The van der Waals surface area contributed by atoms with E-state index in [1.807, 2.05) is 6.07 Å². The minimum Gasteiger partial charge on any atom is -0.381 e. The van der Waals surface area contributed by atoms with Crippen LogP contribution >= 0.6 is 0 Å². The monoisotopic (exact) mass is 294 g/mol. The molecule has 0 saturated heterocycles. The normalized spacial score (nSPS) is 22.6. The number of hydrogen-bond acceptors (Lipinski definition) is 4. The van der Waals surface area contributed by atoms with E-state index >= 15 is 0 Å². The van der Waals surface area contributed by atoms with E-state index in [0.717, 1.165) is 12.8 Å². The lowest BCUT2D eigenvalue weighted by molar-refractivity contribution is 0.107. The van der Waals surface area contributed by atoms with Gasteiger partial charge in [-0.15, -0.1) is 0 Å². The molecular formula is C14H18N2O3S. The smallest absolute Gasteiger partial charge is 0.241 e. The van der Waals surface area contributed by atoms with Crippen molar-refractivity contribution in [2.75, 3.05) is 7.11 Å². The van der Waals surface area contributed by atoms with Crippen LogP contribution in [0, 0.1) is 18.3 Å². The van der Waals surface area contributed by atoms with Gasteiger partial charge in [0.05, 0.1) is 22.6 Å². The van der Waals surface area contributed by atoms with Crippen LogP contribution in [0.15, 0.2) is 23.1 Å². The molecule has 5 nitrogen and oxygen atoms in total. The number of ether oxygens (including phenoxy) is 1. The van der Waals surface area contributed by atoms with Crippen molar-refractivity contribution in [1.29, 1.82) is 5.26 Å². The predicted molar refractivity (Wildman–Crippen MR) is 74.7 cm³/mol. The Morgan fingerprint density at radius 1 is 1.40 bits per heavy atom. The fraction of sp³-hybridized carbons (Fsp3) is 0.500. The van der Waals surface area contributed by atoms with Gasteiger partial charge < -0.3 is 4.74 Å². The van der Waals surface area contributed by atoms with E-state index < -0.39 is 10.0 Å². The maximum atomic E-state index is 12.4. The zero-order valence-corrected chi connectivity index (χ0v) is 12.4. The summed E-state index contributed by atoms with van der Waals surface area (Å²) in [5, 5.41) is 8.81. The number of rotatable bonds is 4. The summed E-state index contributed by atoms with van der Waals surface area (Å²) in [5.74, 6) is 0. The van der Waals surface area contributed by atoms with Gasteiger partial charge in [0.1, 0.15) is 0 Å². The first-order valence-electron chi connectivity index (χ1n) is 6.52. The van der Waals surface area contributed by atoms with E-state index in [1.54, 1.807) is 20.1 Å². The fourth-order valence-corrected chi connectivity index (χ4v) is 4.07. The molecule has 1 fully saturated rings. The molecule has 1 saturated carbocycles. The molecule has 0 aliphatic heterocycles. The van der Waals surface area contributed by atoms with Crippen molar-refractivity contribution < 1.29 is 13.2 Å². The molecule has 0 bridgehead atoms. The van der Waals surface area contributed by atoms with Crippen molar-refractivity contribution in [3.63, 3.8) is 0 Å². The largest absolute Gasteiger partial charge is 0.381 e. The Balaban J connectivity index is 2.17. The molecular weight excluding hydrogens is 276 g/mol. The average Bonchev–Trinajstić information content (AvgIpc) is 2.85. The third-order valence-corrected chi connectivity index (χ3v) is 5.31. The molecule has 1 aliphatic rings. The standard InChI is InChI=1S/C14H18N2O3S/c1-10-7-11(9-15)3-6-14(10)20(17,18)16-12-4-5-13(8-12)19-2/h3,6-7,12-13,16H,4-5,8H2,1-2H3. The molecule has 0 heterocycles. The lowest BCUT2D eigenvalue weighted by Gasteiger charge is -2.14. The fourth-order valence-electron chi connectivity index (χ4n) is 2.56. The molecule has 0 aromatic heterocycles. The van der Waals surface area contributed by atoms with Gasteiger partial charge >= 0.3 is 0 Å². The van der Waals surface area contributed by atoms with Crippen molar-refractivity contribution >= 4 is 10.0 Å². The lowest BCUT2D eigenvalue weighted by atomic mass is 10.2. The van der Waals surface area contributed by atoms with E-state index in [1.165, 1.54) is 12.1 Å². The van der Waals surface area contributed by atoms with Crippen molar-refractivity contribution in [2.24, 2.45) is 0 Å². The topological polar surface area (TPSA) is 79.2 Å². The highest BCUT2D eigenvalue weighted by Crippen LogP contribution is 2.24. The van der Waals surface area contributed by atoms with Gasteiger partial charge in [-0.1, -0.05) is 0 Å². The molecule has 1 aromatic carbocycles. The third kappa shape index (κ3) is 3.18. The van der Waals surface area contributed by atoms with Gasteiger partial charge in [0.2, 0.25) is 10.0 Å². The molecule has 1 aliphatic carbocycles. The summed E-state index contributed by atoms with van der Waals surface area (Å²) in [5.41, 5.74) is 1.04. The zero-order valence-electron chi connectivity index (χ0n) is 11.6. The molecule has 2 rings (SSSR count). The Hall–Kier alpha value is -1.42. The van der Waals surface area contributed by atoms with Gasteiger partial charge in [-0.05, 0) is 49.9 Å². The first-order valence-corrected chi connectivity index (χ1v) is 8.00. The van der Waals surface area contributed by atoms with E-state index in [2.05, 4.69) is 4.72 Å². The third-order valence-electron chi connectivity index (χ3n) is 3.63. The second kappa shape index (κ2) is 5.92. The minimum atomic E-state index is -3.55. The number of nitrogens with zero attached hydrogens (tertiary/aromatic N) is 1. The average molecular weight is 294 g/mol. The molecule has 2 unspecified atom stereocenters. The van der Waals surface area contributed by atoms with Crippen LogP contribution in [0.5, 0.6) is 0 Å². The molecule has 2 atom stereocenters. The second-order valence-corrected chi connectivity index (χ2v) is 6.76. The summed E-state index contributed by atoms with van der Waals surface area (Å²) in [6.07, 6.45) is 2.48. The van der Waals surface area contributed by atoms with Crippen molar-refractivity contribution in [1.82, 2.24) is 4.72 Å². The number of benzene rings is 1. The first-order chi connectivity index (χ1) is 9.46. The van der Waals surface area contributed by atoms with Crippen LogP contribution in [0.2, 0.25) is 0 Å². The van der Waals surface area contributed by atoms with E-state index in [4.69, 9.17) is 10.00 Å². The summed E-state index contributed by atoms with van der Waals surface area (Å²) >= 11 is 0. The number of nitrogens with one attached hydrogen (secondary N) is 1. The second-order valence-electron chi connectivity index (χ2n) is 5.08. The van der Waals surface area contributed by atoms with E-state index in [0.29, 0.717) is 17.5 Å². The summed E-state index contributed by atoms with van der Waals surface area (Å²) in [4.78, 5) is 0.234. The van der Waals surface area contributed by atoms with E-state index in [9.17, 15) is 8.42 Å². The predicted octanol–water partition coefficient (Wildman–Crippen LogP) is 1.71. The van der Waals surface area contributed by atoms with Crippen molar-refractivity contribution in [3.05, 3.63) is 29.3 Å². The van der Waals surface area contributed by atoms with Gasteiger partial charge in [-0.25, -0.2) is 13.1 Å². The maximum absolute atomic E-state index is 12.4. The molecule has 6 heteroatoms. The van der Waals surface area contributed by atoms with Crippen molar-refractivity contribution in [3.8, 4) is 6.07 Å². The van der Waals surface area contributed by atoms with E-state index in [-0.39, 0.29) is 17.0 Å². The number of nitriles is 1. The molecule has 20 heavy (non-hydrogen) atoms. The van der Waals surface area contributed by atoms with Crippen LogP contribution in [0.1, 0.15) is 30.4 Å². The lowest BCUT2D eigenvalue weighted by Crippen LogP contribution is -2.33. The zero-order chi connectivity index (χ0) is 14.8. The van der Waals surface area contributed by atoms with Crippen LogP contribution in [0.4, 0.5) is 0 Å². The molecule has 108 valence electrons. The Kier molecular flexibility index (Phi) is 4.43. The van der Waals surface area contributed by atoms with Crippen LogP contribution in [-0.4, -0.2) is 27.7 Å². The van der Waals surface area contributed by atoms with Gasteiger partial charge in [-0.2, -0.15) is 5.26 Å². The van der Waals surface area contributed by atoms with Crippen LogP contribution in [0.3, 0.4) is 0 Å². The Bertz CT molecular complexity index is 634. The van der Waals surface area contributed by atoms with Crippen LogP contribution in [0.25, 0.3) is 0 Å². The summed E-state index contributed by atoms with van der Waals surface area (Å²) in [6.45, 7) is 1.70.